The van der Waals surface area contributed by atoms with Gasteiger partial charge in [0.15, 0.2) is 5.79 Å². The van der Waals surface area contributed by atoms with Crippen molar-refractivity contribution in [3.05, 3.63) is 12.7 Å². The minimum atomic E-state index is -0.545. The molecule has 0 atom stereocenters. The minimum Gasteiger partial charge on any atom is -0.465 e. The second-order valence-corrected chi connectivity index (χ2v) is 4.69. The molecule has 0 aromatic carbocycles. The number of carbonyl (C=O) groups is 1. The predicted octanol–water partition coefficient (Wildman–Crippen LogP) is 2.04. The molecule has 1 aliphatic heterocycles. The molecule has 0 N–H and O–H groups in total. The van der Waals surface area contributed by atoms with Crippen LogP contribution in [0.4, 0.5) is 0 Å². The van der Waals surface area contributed by atoms with Crippen LogP contribution >= 0.6 is 0 Å². The molecular weight excluding hydrogens is 220 g/mol. The van der Waals surface area contributed by atoms with Crippen molar-refractivity contribution in [2.75, 3.05) is 19.8 Å². The Balaban J connectivity index is 2.03. The van der Waals surface area contributed by atoms with Crippen molar-refractivity contribution in [3.63, 3.8) is 0 Å². The van der Waals surface area contributed by atoms with Gasteiger partial charge in [0.2, 0.25) is 0 Å². The van der Waals surface area contributed by atoms with E-state index in [9.17, 15) is 4.79 Å². The lowest BCUT2D eigenvalue weighted by atomic mass is 9.72. The van der Waals surface area contributed by atoms with E-state index in [2.05, 4.69) is 6.58 Å². The molecule has 1 spiro atoms. The van der Waals surface area contributed by atoms with Crippen LogP contribution in [0.2, 0.25) is 0 Å². The molecule has 0 aromatic heterocycles. The van der Waals surface area contributed by atoms with Crippen LogP contribution in [0.1, 0.15) is 32.6 Å². The average molecular weight is 240 g/mol. The van der Waals surface area contributed by atoms with Gasteiger partial charge >= 0.3 is 5.97 Å². The van der Waals surface area contributed by atoms with Crippen LogP contribution < -0.4 is 0 Å². The van der Waals surface area contributed by atoms with Crippen molar-refractivity contribution in [3.8, 4) is 0 Å². The summed E-state index contributed by atoms with van der Waals surface area (Å²) in [4.78, 5) is 12.0. The Labute approximate surface area is 102 Å². The maximum atomic E-state index is 12.0. The molecule has 96 valence electrons. The Morgan fingerprint density at radius 2 is 1.88 bits per heavy atom. The monoisotopic (exact) mass is 240 g/mol. The Morgan fingerprint density at radius 3 is 2.35 bits per heavy atom. The van der Waals surface area contributed by atoms with Crippen molar-refractivity contribution in [2.45, 2.75) is 38.4 Å². The molecule has 0 aromatic rings. The molecule has 4 heteroatoms. The van der Waals surface area contributed by atoms with E-state index in [0.717, 1.165) is 12.8 Å². The van der Waals surface area contributed by atoms with Crippen LogP contribution in [0.15, 0.2) is 12.7 Å². The molecule has 0 unspecified atom stereocenters. The second-order valence-electron chi connectivity index (χ2n) is 4.69. The normalized spacial score (nSPS) is 25.7. The molecule has 2 aliphatic rings. The molecule has 1 saturated heterocycles. The van der Waals surface area contributed by atoms with Crippen LogP contribution in [0.3, 0.4) is 0 Å². The van der Waals surface area contributed by atoms with Crippen molar-refractivity contribution in [1.29, 1.82) is 0 Å². The maximum Gasteiger partial charge on any atom is 0.315 e. The van der Waals surface area contributed by atoms with Crippen LogP contribution in [0, 0.1) is 5.41 Å². The smallest absolute Gasteiger partial charge is 0.315 e. The number of ether oxygens (including phenoxy) is 3. The number of hydrogen-bond donors (Lipinski definition) is 0. The Hall–Kier alpha value is -0.870. The van der Waals surface area contributed by atoms with E-state index in [1.807, 2.05) is 6.92 Å². The standard InChI is InChI=1S/C13H20O4/c1-3-12(11(14)15-4-2)5-7-13(8-6-12)16-9-10-17-13/h3H,1,4-10H2,2H3. The summed E-state index contributed by atoms with van der Waals surface area (Å²) in [5.41, 5.74) is -0.545. The van der Waals surface area contributed by atoms with Gasteiger partial charge in [0.1, 0.15) is 0 Å². The summed E-state index contributed by atoms with van der Waals surface area (Å²) in [5, 5.41) is 0. The molecule has 4 nitrogen and oxygen atoms in total. The third-order valence-corrected chi connectivity index (χ3v) is 3.79. The van der Waals surface area contributed by atoms with Gasteiger partial charge in [0, 0.05) is 12.8 Å². The van der Waals surface area contributed by atoms with Crippen molar-refractivity contribution in [2.24, 2.45) is 5.41 Å². The van der Waals surface area contributed by atoms with E-state index in [1.54, 1.807) is 6.08 Å². The Kier molecular flexibility index (Phi) is 3.54. The van der Waals surface area contributed by atoms with Gasteiger partial charge in [0.25, 0.3) is 0 Å². The molecule has 0 amide bonds. The van der Waals surface area contributed by atoms with E-state index in [-0.39, 0.29) is 5.97 Å². The molecule has 2 fully saturated rings. The van der Waals surface area contributed by atoms with Gasteiger partial charge in [-0.15, -0.1) is 6.58 Å². The molecule has 1 saturated carbocycles. The summed E-state index contributed by atoms with van der Waals surface area (Å²) in [6, 6.07) is 0. The number of hydrogen-bond acceptors (Lipinski definition) is 4. The number of esters is 1. The van der Waals surface area contributed by atoms with Gasteiger partial charge in [-0.25, -0.2) is 0 Å². The van der Waals surface area contributed by atoms with Gasteiger partial charge in [-0.05, 0) is 19.8 Å². The third-order valence-electron chi connectivity index (χ3n) is 3.79. The highest BCUT2D eigenvalue weighted by atomic mass is 16.7. The average Bonchev–Trinajstić information content (AvgIpc) is 2.80. The highest BCUT2D eigenvalue weighted by Crippen LogP contribution is 2.46. The van der Waals surface area contributed by atoms with Gasteiger partial charge in [-0.3, -0.25) is 4.79 Å². The van der Waals surface area contributed by atoms with E-state index in [1.165, 1.54) is 0 Å². The van der Waals surface area contributed by atoms with Crippen LogP contribution in [0.25, 0.3) is 0 Å². The quantitative estimate of drug-likeness (QED) is 0.559. The van der Waals surface area contributed by atoms with E-state index < -0.39 is 11.2 Å². The lowest BCUT2D eigenvalue weighted by molar-refractivity contribution is -0.194. The van der Waals surface area contributed by atoms with E-state index in [0.29, 0.717) is 32.7 Å². The zero-order valence-corrected chi connectivity index (χ0v) is 10.4. The van der Waals surface area contributed by atoms with Crippen LogP contribution in [-0.2, 0) is 19.0 Å². The lowest BCUT2D eigenvalue weighted by Gasteiger charge is -2.40. The first-order chi connectivity index (χ1) is 8.16. The first kappa shape index (κ1) is 12.6. The van der Waals surface area contributed by atoms with Gasteiger partial charge in [-0.1, -0.05) is 6.08 Å². The van der Waals surface area contributed by atoms with Crippen molar-refractivity contribution < 1.29 is 19.0 Å². The van der Waals surface area contributed by atoms with Gasteiger partial charge in [-0.2, -0.15) is 0 Å². The van der Waals surface area contributed by atoms with Crippen molar-refractivity contribution in [1.82, 2.24) is 0 Å². The first-order valence-corrected chi connectivity index (χ1v) is 6.25. The summed E-state index contributed by atoms with van der Waals surface area (Å²) in [7, 11) is 0. The van der Waals surface area contributed by atoms with Crippen LogP contribution in [0.5, 0.6) is 0 Å². The first-order valence-electron chi connectivity index (χ1n) is 6.25. The predicted molar refractivity (Wildman–Crippen MR) is 62.4 cm³/mol. The highest BCUT2D eigenvalue weighted by molar-refractivity contribution is 5.79. The molecule has 0 radical (unpaired) electrons. The Morgan fingerprint density at radius 1 is 1.29 bits per heavy atom. The fraction of sp³-hybridized carbons (Fsp3) is 0.769. The minimum absolute atomic E-state index is 0.164. The van der Waals surface area contributed by atoms with E-state index >= 15 is 0 Å². The largest absolute Gasteiger partial charge is 0.465 e. The SMILES string of the molecule is C=CC1(C(=O)OCC)CCC2(CC1)OCCO2. The number of rotatable bonds is 3. The summed E-state index contributed by atoms with van der Waals surface area (Å²) in [6.07, 6.45) is 4.58. The molecule has 17 heavy (non-hydrogen) atoms. The molecule has 1 heterocycles. The summed E-state index contributed by atoms with van der Waals surface area (Å²) in [6.45, 7) is 7.33. The van der Waals surface area contributed by atoms with E-state index in [4.69, 9.17) is 14.2 Å². The summed E-state index contributed by atoms with van der Waals surface area (Å²) < 4.78 is 16.4. The van der Waals surface area contributed by atoms with Gasteiger partial charge in [0.05, 0.1) is 25.2 Å². The molecular formula is C13H20O4. The lowest BCUT2D eigenvalue weighted by Crippen LogP contribution is -2.43. The number of carbonyl (C=O) groups excluding carboxylic acids is 1. The maximum absolute atomic E-state index is 12.0. The molecule has 0 bridgehead atoms. The second kappa shape index (κ2) is 4.78. The zero-order chi connectivity index (χ0) is 12.4. The molecule has 2 rings (SSSR count). The molecule has 1 aliphatic carbocycles. The van der Waals surface area contributed by atoms with Gasteiger partial charge < -0.3 is 14.2 Å². The highest BCUT2D eigenvalue weighted by Gasteiger charge is 2.49. The topological polar surface area (TPSA) is 44.8 Å². The van der Waals surface area contributed by atoms with Crippen molar-refractivity contribution >= 4 is 5.97 Å². The zero-order valence-electron chi connectivity index (χ0n) is 10.4. The fourth-order valence-electron chi connectivity index (χ4n) is 2.63. The summed E-state index contributed by atoms with van der Waals surface area (Å²) in [5.74, 6) is -0.609. The third kappa shape index (κ3) is 2.24. The Bertz CT molecular complexity index is 295. The fourth-order valence-corrected chi connectivity index (χ4v) is 2.63. The summed E-state index contributed by atoms with van der Waals surface area (Å²) >= 11 is 0. The van der Waals surface area contributed by atoms with Crippen LogP contribution in [-0.4, -0.2) is 31.6 Å².